The summed E-state index contributed by atoms with van der Waals surface area (Å²) in [7, 11) is 0. The number of primary amides is 1. The molecule has 1 amide bonds. The second kappa shape index (κ2) is 2.33. The van der Waals surface area contributed by atoms with Crippen LogP contribution >= 0.6 is 22.9 Å². The number of hydrogen-bond acceptors (Lipinski definition) is 3. The van der Waals surface area contributed by atoms with Gasteiger partial charge in [-0.2, -0.15) is 0 Å². The van der Waals surface area contributed by atoms with Crippen LogP contribution in [-0.4, -0.2) is 10.9 Å². The van der Waals surface area contributed by atoms with Crippen molar-refractivity contribution >= 4 is 28.8 Å². The molecule has 3 nitrogen and oxygen atoms in total. The third-order valence-corrected chi connectivity index (χ3v) is 1.87. The van der Waals surface area contributed by atoms with Crippen molar-refractivity contribution in [2.24, 2.45) is 5.73 Å². The SMILES string of the molecule is NC(=O)c1nc(Cl)cs1. The Kier molecular flexibility index (Phi) is 1.68. The lowest BCUT2D eigenvalue weighted by Gasteiger charge is -1.79. The molecule has 0 unspecified atom stereocenters. The second-order valence-electron chi connectivity index (χ2n) is 1.34. The molecule has 0 radical (unpaired) electrons. The summed E-state index contributed by atoms with van der Waals surface area (Å²) in [6.07, 6.45) is 0. The molecule has 0 saturated heterocycles. The van der Waals surface area contributed by atoms with Gasteiger partial charge in [0.15, 0.2) is 5.01 Å². The molecule has 48 valence electrons. The standard InChI is InChI=1S/C4H3ClN2OS/c5-2-1-9-4(7-2)3(6)8/h1H,(H2,6,8). The highest BCUT2D eigenvalue weighted by Gasteiger charge is 2.03. The first-order chi connectivity index (χ1) is 4.20. The molecule has 1 heterocycles. The third kappa shape index (κ3) is 1.40. The number of nitrogens with two attached hydrogens (primary N) is 1. The summed E-state index contributed by atoms with van der Waals surface area (Å²) in [6.45, 7) is 0. The van der Waals surface area contributed by atoms with Crippen molar-refractivity contribution in [2.75, 3.05) is 0 Å². The molecule has 0 spiro atoms. The van der Waals surface area contributed by atoms with E-state index < -0.39 is 5.91 Å². The van der Waals surface area contributed by atoms with E-state index in [4.69, 9.17) is 17.3 Å². The minimum absolute atomic E-state index is 0.250. The Morgan fingerprint density at radius 1 is 1.89 bits per heavy atom. The zero-order valence-electron chi connectivity index (χ0n) is 4.30. The molecule has 0 bridgehead atoms. The van der Waals surface area contributed by atoms with E-state index in [-0.39, 0.29) is 5.01 Å². The first kappa shape index (κ1) is 6.51. The molecule has 5 heteroatoms. The van der Waals surface area contributed by atoms with Gasteiger partial charge < -0.3 is 5.73 Å². The Morgan fingerprint density at radius 2 is 2.56 bits per heavy atom. The largest absolute Gasteiger partial charge is 0.364 e. The molecule has 0 aliphatic rings. The second-order valence-corrected chi connectivity index (χ2v) is 2.58. The summed E-state index contributed by atoms with van der Waals surface area (Å²) in [5.41, 5.74) is 4.88. The van der Waals surface area contributed by atoms with Crippen LogP contribution in [0.3, 0.4) is 0 Å². The van der Waals surface area contributed by atoms with Crippen LogP contribution in [0.5, 0.6) is 0 Å². The number of carbonyl (C=O) groups is 1. The number of rotatable bonds is 1. The smallest absolute Gasteiger partial charge is 0.277 e. The Labute approximate surface area is 60.5 Å². The molecule has 9 heavy (non-hydrogen) atoms. The van der Waals surface area contributed by atoms with Crippen LogP contribution in [0, 0.1) is 0 Å². The third-order valence-electron chi connectivity index (χ3n) is 0.687. The van der Waals surface area contributed by atoms with Gasteiger partial charge in [-0.3, -0.25) is 4.79 Å². The highest BCUT2D eigenvalue weighted by atomic mass is 35.5. The molecule has 1 aromatic rings. The van der Waals surface area contributed by atoms with E-state index in [1.165, 1.54) is 0 Å². The number of aromatic nitrogens is 1. The topological polar surface area (TPSA) is 56.0 Å². The summed E-state index contributed by atoms with van der Waals surface area (Å²) in [5.74, 6) is -0.535. The number of thiazole rings is 1. The van der Waals surface area contributed by atoms with Crippen molar-refractivity contribution in [1.29, 1.82) is 0 Å². The molecular formula is C4H3ClN2OS. The van der Waals surface area contributed by atoms with Crippen LogP contribution in [-0.2, 0) is 0 Å². The lowest BCUT2D eigenvalue weighted by molar-refractivity contribution is 0.1000. The summed E-state index contributed by atoms with van der Waals surface area (Å²) in [5, 5.41) is 2.12. The summed E-state index contributed by atoms with van der Waals surface area (Å²) in [4.78, 5) is 13.9. The molecule has 1 rings (SSSR count). The molecule has 0 aromatic carbocycles. The maximum atomic E-state index is 10.3. The van der Waals surface area contributed by atoms with Gasteiger partial charge in [-0.05, 0) is 0 Å². The van der Waals surface area contributed by atoms with Crippen molar-refractivity contribution in [1.82, 2.24) is 4.98 Å². The van der Waals surface area contributed by atoms with Gasteiger partial charge in [0.25, 0.3) is 5.91 Å². The predicted octanol–water partition coefficient (Wildman–Crippen LogP) is 0.895. The van der Waals surface area contributed by atoms with Gasteiger partial charge >= 0.3 is 0 Å². The summed E-state index contributed by atoms with van der Waals surface area (Å²) in [6, 6.07) is 0. The molecule has 0 fully saturated rings. The first-order valence-corrected chi connectivity index (χ1v) is 3.37. The van der Waals surface area contributed by atoms with E-state index in [1.807, 2.05) is 0 Å². The number of hydrogen-bond donors (Lipinski definition) is 1. The van der Waals surface area contributed by atoms with E-state index in [0.29, 0.717) is 5.15 Å². The van der Waals surface area contributed by atoms with Gasteiger partial charge in [0, 0.05) is 5.38 Å². The Balaban J connectivity index is 2.98. The minimum atomic E-state index is -0.535. The van der Waals surface area contributed by atoms with Crippen molar-refractivity contribution in [3.63, 3.8) is 0 Å². The van der Waals surface area contributed by atoms with Gasteiger partial charge in [-0.25, -0.2) is 4.98 Å². The van der Waals surface area contributed by atoms with Crippen LogP contribution in [0.25, 0.3) is 0 Å². The normalized spacial score (nSPS) is 9.44. The van der Waals surface area contributed by atoms with Crippen molar-refractivity contribution in [3.05, 3.63) is 15.5 Å². The van der Waals surface area contributed by atoms with Gasteiger partial charge in [0.1, 0.15) is 5.15 Å². The molecule has 0 aliphatic heterocycles. The van der Waals surface area contributed by atoms with Gasteiger partial charge in [0.05, 0.1) is 0 Å². The van der Waals surface area contributed by atoms with Crippen molar-refractivity contribution in [3.8, 4) is 0 Å². The van der Waals surface area contributed by atoms with Crippen LogP contribution in [0.4, 0.5) is 0 Å². The van der Waals surface area contributed by atoms with Crippen LogP contribution in [0.15, 0.2) is 5.38 Å². The fourth-order valence-corrected chi connectivity index (χ4v) is 1.16. The lowest BCUT2D eigenvalue weighted by Crippen LogP contribution is -2.09. The van der Waals surface area contributed by atoms with Crippen molar-refractivity contribution in [2.45, 2.75) is 0 Å². The van der Waals surface area contributed by atoms with E-state index in [0.717, 1.165) is 11.3 Å². The fraction of sp³-hybridized carbons (Fsp3) is 0. The molecule has 2 N–H and O–H groups in total. The number of carbonyl (C=O) groups excluding carboxylic acids is 1. The maximum Gasteiger partial charge on any atom is 0.277 e. The van der Waals surface area contributed by atoms with E-state index >= 15 is 0 Å². The lowest BCUT2D eigenvalue weighted by atomic mass is 10.7. The van der Waals surface area contributed by atoms with E-state index in [9.17, 15) is 4.79 Å². The number of nitrogens with zero attached hydrogens (tertiary/aromatic N) is 1. The maximum absolute atomic E-state index is 10.3. The summed E-state index contributed by atoms with van der Waals surface area (Å²) >= 11 is 6.54. The Bertz CT molecular complexity index is 234. The van der Waals surface area contributed by atoms with Gasteiger partial charge in [-0.1, -0.05) is 11.6 Å². The molecular weight excluding hydrogens is 160 g/mol. The molecule has 0 aliphatic carbocycles. The molecule has 0 atom stereocenters. The summed E-state index contributed by atoms with van der Waals surface area (Å²) < 4.78 is 0. The monoisotopic (exact) mass is 162 g/mol. The van der Waals surface area contributed by atoms with Crippen LogP contribution < -0.4 is 5.73 Å². The van der Waals surface area contributed by atoms with Gasteiger partial charge in [-0.15, -0.1) is 11.3 Å². The molecule has 0 saturated carbocycles. The average molecular weight is 163 g/mol. The Hall–Kier alpha value is -0.610. The quantitative estimate of drug-likeness (QED) is 0.667. The fourth-order valence-electron chi connectivity index (χ4n) is 0.367. The zero-order valence-corrected chi connectivity index (χ0v) is 5.87. The minimum Gasteiger partial charge on any atom is -0.364 e. The molecule has 1 aromatic heterocycles. The predicted molar refractivity (Wildman–Crippen MR) is 35.6 cm³/mol. The van der Waals surface area contributed by atoms with E-state index in [2.05, 4.69) is 4.98 Å². The van der Waals surface area contributed by atoms with E-state index in [1.54, 1.807) is 5.38 Å². The number of halogens is 1. The average Bonchev–Trinajstić information content (AvgIpc) is 2.14. The highest BCUT2D eigenvalue weighted by Crippen LogP contribution is 2.12. The van der Waals surface area contributed by atoms with Crippen molar-refractivity contribution < 1.29 is 4.79 Å². The Morgan fingerprint density at radius 3 is 2.78 bits per heavy atom. The highest BCUT2D eigenvalue weighted by molar-refractivity contribution is 7.12. The van der Waals surface area contributed by atoms with Crippen LogP contribution in [0.2, 0.25) is 5.15 Å². The first-order valence-electron chi connectivity index (χ1n) is 2.11. The number of amides is 1. The van der Waals surface area contributed by atoms with Gasteiger partial charge in [0.2, 0.25) is 0 Å². The zero-order chi connectivity index (χ0) is 6.85. The van der Waals surface area contributed by atoms with Crippen LogP contribution in [0.1, 0.15) is 9.80 Å².